The Balaban J connectivity index is 1.63. The first-order chi connectivity index (χ1) is 14.0. The highest BCUT2D eigenvalue weighted by atomic mass is 32.1. The normalized spacial score (nSPS) is 15.1. The molecule has 152 valence electrons. The number of hydrogen-bond acceptors (Lipinski definition) is 7. The molecule has 1 aliphatic carbocycles. The summed E-state index contributed by atoms with van der Waals surface area (Å²) in [5.74, 6) is -0.556. The second-order valence-corrected chi connectivity index (χ2v) is 8.09. The number of thiophene rings is 1. The van der Waals surface area contributed by atoms with Crippen molar-refractivity contribution in [1.82, 2.24) is 0 Å². The SMILES string of the molecule is C[C@@H]1CCc2c(sc(NC(=O)COC(=O)c3ccccc3NCCO)c2C#N)C1. The molecule has 3 rings (SSSR count). The number of nitrogens with zero attached hydrogens (tertiary/aromatic N) is 1. The zero-order chi connectivity index (χ0) is 20.8. The van der Waals surface area contributed by atoms with Crippen LogP contribution in [-0.4, -0.2) is 36.7 Å². The van der Waals surface area contributed by atoms with E-state index in [1.807, 2.05) is 0 Å². The van der Waals surface area contributed by atoms with Gasteiger partial charge in [0.1, 0.15) is 11.1 Å². The molecule has 8 heteroatoms. The van der Waals surface area contributed by atoms with Gasteiger partial charge in [0.05, 0.1) is 17.7 Å². The number of ether oxygens (including phenoxy) is 1. The van der Waals surface area contributed by atoms with E-state index < -0.39 is 18.5 Å². The Kier molecular flexibility index (Phi) is 6.86. The number of nitriles is 1. The van der Waals surface area contributed by atoms with Gasteiger partial charge in [-0.15, -0.1) is 11.3 Å². The molecule has 1 aromatic heterocycles. The number of para-hydroxylation sites is 1. The van der Waals surface area contributed by atoms with Crippen molar-refractivity contribution >= 4 is 33.9 Å². The molecule has 0 saturated carbocycles. The molecule has 0 spiro atoms. The average Bonchev–Trinajstić information content (AvgIpc) is 3.06. The quantitative estimate of drug-likeness (QED) is 0.602. The number of anilines is 2. The van der Waals surface area contributed by atoms with E-state index in [-0.39, 0.29) is 12.2 Å². The van der Waals surface area contributed by atoms with Gasteiger partial charge in [0.2, 0.25) is 0 Å². The molecule has 3 N–H and O–H groups in total. The van der Waals surface area contributed by atoms with Crippen LogP contribution in [0.5, 0.6) is 0 Å². The van der Waals surface area contributed by atoms with Crippen molar-refractivity contribution in [3.05, 3.63) is 45.8 Å². The predicted octanol–water partition coefficient (Wildman–Crippen LogP) is 2.94. The second kappa shape index (κ2) is 9.54. The molecular weight excluding hydrogens is 390 g/mol. The molecule has 1 aliphatic rings. The molecule has 1 amide bonds. The van der Waals surface area contributed by atoms with Crippen molar-refractivity contribution in [1.29, 1.82) is 5.26 Å². The topological polar surface area (TPSA) is 111 Å². The molecule has 1 heterocycles. The molecule has 0 saturated heterocycles. The van der Waals surface area contributed by atoms with Crippen LogP contribution in [0.15, 0.2) is 24.3 Å². The summed E-state index contributed by atoms with van der Waals surface area (Å²) in [4.78, 5) is 25.8. The minimum absolute atomic E-state index is 0.0728. The minimum Gasteiger partial charge on any atom is -0.452 e. The lowest BCUT2D eigenvalue weighted by Gasteiger charge is -2.17. The maximum atomic E-state index is 12.3. The highest BCUT2D eigenvalue weighted by Gasteiger charge is 2.25. The van der Waals surface area contributed by atoms with Crippen LogP contribution < -0.4 is 10.6 Å². The van der Waals surface area contributed by atoms with Crippen molar-refractivity contribution in [3.63, 3.8) is 0 Å². The van der Waals surface area contributed by atoms with Gasteiger partial charge in [0.15, 0.2) is 6.61 Å². The summed E-state index contributed by atoms with van der Waals surface area (Å²) in [6, 6.07) is 8.93. The number of fused-ring (bicyclic) bond motifs is 1. The fraction of sp³-hybridized carbons (Fsp3) is 0.381. The summed E-state index contributed by atoms with van der Waals surface area (Å²) in [6.45, 7) is 1.95. The van der Waals surface area contributed by atoms with Crippen LogP contribution in [0, 0.1) is 17.2 Å². The number of aliphatic hydroxyl groups excluding tert-OH is 1. The maximum absolute atomic E-state index is 12.3. The van der Waals surface area contributed by atoms with E-state index in [1.54, 1.807) is 24.3 Å². The van der Waals surface area contributed by atoms with Crippen molar-refractivity contribution in [2.75, 3.05) is 30.4 Å². The standard InChI is InChI=1S/C21H23N3O4S/c1-13-6-7-14-16(11-22)20(29-18(14)10-13)24-19(26)12-28-21(27)15-4-2-3-5-17(15)23-8-9-25/h2-5,13,23,25H,6-10,12H2,1H3,(H,24,26)/t13-/m1/s1. The molecule has 0 aliphatic heterocycles. The average molecular weight is 413 g/mol. The van der Waals surface area contributed by atoms with Crippen LogP contribution in [0.25, 0.3) is 0 Å². The third-order valence-corrected chi connectivity index (χ3v) is 5.95. The van der Waals surface area contributed by atoms with Crippen molar-refractivity contribution < 1.29 is 19.4 Å². The smallest absolute Gasteiger partial charge is 0.340 e. The number of rotatable bonds is 7. The number of carbonyl (C=O) groups excluding carboxylic acids is 2. The highest BCUT2D eigenvalue weighted by molar-refractivity contribution is 7.16. The lowest BCUT2D eigenvalue weighted by atomic mass is 9.89. The van der Waals surface area contributed by atoms with Gasteiger partial charge in [-0.05, 0) is 42.9 Å². The first-order valence-corrected chi connectivity index (χ1v) is 10.3. The zero-order valence-electron chi connectivity index (χ0n) is 16.2. The van der Waals surface area contributed by atoms with E-state index in [2.05, 4.69) is 23.6 Å². The highest BCUT2D eigenvalue weighted by Crippen LogP contribution is 2.39. The van der Waals surface area contributed by atoms with E-state index in [0.717, 1.165) is 29.7 Å². The fourth-order valence-corrected chi connectivity index (χ4v) is 4.71. The van der Waals surface area contributed by atoms with Crippen LogP contribution in [0.2, 0.25) is 0 Å². The molecule has 29 heavy (non-hydrogen) atoms. The summed E-state index contributed by atoms with van der Waals surface area (Å²) in [5.41, 5.74) is 2.37. The number of carbonyl (C=O) groups is 2. The molecular formula is C21H23N3O4S. The first kappa shape index (κ1) is 20.8. The molecule has 1 atom stereocenters. The van der Waals surface area contributed by atoms with E-state index >= 15 is 0 Å². The summed E-state index contributed by atoms with van der Waals surface area (Å²) >= 11 is 1.43. The van der Waals surface area contributed by atoms with Crippen LogP contribution in [-0.2, 0) is 22.4 Å². The van der Waals surface area contributed by atoms with Gasteiger partial charge in [0.25, 0.3) is 5.91 Å². The second-order valence-electron chi connectivity index (χ2n) is 6.99. The maximum Gasteiger partial charge on any atom is 0.340 e. The molecule has 0 fully saturated rings. The van der Waals surface area contributed by atoms with Crippen LogP contribution >= 0.6 is 11.3 Å². The Bertz CT molecular complexity index is 948. The summed E-state index contributed by atoms with van der Waals surface area (Å²) < 4.78 is 5.14. The zero-order valence-corrected chi connectivity index (χ0v) is 17.0. The molecule has 1 aromatic carbocycles. The van der Waals surface area contributed by atoms with Crippen molar-refractivity contribution in [2.45, 2.75) is 26.2 Å². The number of benzene rings is 1. The number of hydrogen-bond donors (Lipinski definition) is 3. The molecule has 2 aromatic rings. The first-order valence-electron chi connectivity index (χ1n) is 9.48. The largest absolute Gasteiger partial charge is 0.452 e. The van der Waals surface area contributed by atoms with E-state index in [0.29, 0.717) is 28.7 Å². The van der Waals surface area contributed by atoms with Gasteiger partial charge in [-0.2, -0.15) is 5.26 Å². The Morgan fingerprint density at radius 2 is 2.17 bits per heavy atom. The third-order valence-electron chi connectivity index (χ3n) is 4.79. The van der Waals surface area contributed by atoms with Crippen LogP contribution in [0.3, 0.4) is 0 Å². The van der Waals surface area contributed by atoms with Crippen LogP contribution in [0.1, 0.15) is 39.7 Å². The lowest BCUT2D eigenvalue weighted by molar-refractivity contribution is -0.119. The van der Waals surface area contributed by atoms with Gasteiger partial charge in [0, 0.05) is 17.1 Å². The van der Waals surface area contributed by atoms with Gasteiger partial charge in [-0.3, -0.25) is 4.79 Å². The third kappa shape index (κ3) is 4.94. The Morgan fingerprint density at radius 3 is 2.93 bits per heavy atom. The van der Waals surface area contributed by atoms with E-state index in [9.17, 15) is 14.9 Å². The number of aliphatic hydroxyl groups is 1. The molecule has 0 bridgehead atoms. The van der Waals surface area contributed by atoms with Crippen LogP contribution in [0.4, 0.5) is 10.7 Å². The van der Waals surface area contributed by atoms with Gasteiger partial charge in [-0.1, -0.05) is 19.1 Å². The van der Waals surface area contributed by atoms with Gasteiger partial charge in [-0.25, -0.2) is 4.79 Å². The predicted molar refractivity (Wildman–Crippen MR) is 111 cm³/mol. The summed E-state index contributed by atoms with van der Waals surface area (Å²) in [7, 11) is 0. The van der Waals surface area contributed by atoms with Crippen molar-refractivity contribution in [2.24, 2.45) is 5.92 Å². The van der Waals surface area contributed by atoms with E-state index in [1.165, 1.54) is 11.3 Å². The number of esters is 1. The van der Waals surface area contributed by atoms with E-state index in [4.69, 9.17) is 9.84 Å². The molecule has 7 nitrogen and oxygen atoms in total. The van der Waals surface area contributed by atoms with Crippen molar-refractivity contribution in [3.8, 4) is 6.07 Å². The monoisotopic (exact) mass is 413 g/mol. The minimum atomic E-state index is -0.638. The Morgan fingerprint density at radius 1 is 1.38 bits per heavy atom. The Hall–Kier alpha value is -2.89. The number of nitrogens with one attached hydrogen (secondary N) is 2. The lowest BCUT2D eigenvalue weighted by Crippen LogP contribution is -2.21. The van der Waals surface area contributed by atoms with Gasteiger partial charge >= 0.3 is 5.97 Å². The summed E-state index contributed by atoms with van der Waals surface area (Å²) in [5, 5.41) is 24.6. The van der Waals surface area contributed by atoms with Gasteiger partial charge < -0.3 is 20.5 Å². The fourth-order valence-electron chi connectivity index (χ4n) is 3.33. The number of amides is 1. The molecule has 0 radical (unpaired) electrons. The molecule has 0 unspecified atom stereocenters. The summed E-state index contributed by atoms with van der Waals surface area (Å²) in [6.07, 6.45) is 2.79. The Labute approximate surface area is 173 Å².